The van der Waals surface area contributed by atoms with Crippen LogP contribution in [0.4, 0.5) is 0 Å². The van der Waals surface area contributed by atoms with Crippen molar-refractivity contribution in [1.82, 2.24) is 10.3 Å². The molecule has 0 saturated carbocycles. The predicted octanol–water partition coefficient (Wildman–Crippen LogP) is 3.02. The summed E-state index contributed by atoms with van der Waals surface area (Å²) >= 11 is 3.35. The number of para-hydroxylation sites is 1. The minimum atomic E-state index is 0.478. The molecule has 4 nitrogen and oxygen atoms in total. The highest BCUT2D eigenvalue weighted by atomic mass is 79.9. The average Bonchev–Trinajstić information content (AvgIpc) is 2.46. The van der Waals surface area contributed by atoms with Gasteiger partial charge in [0.1, 0.15) is 24.7 Å². The number of hydrogen-bond donors (Lipinski definition) is 1. The van der Waals surface area contributed by atoms with Gasteiger partial charge in [0.15, 0.2) is 0 Å². The molecule has 2 aromatic rings. The number of pyridine rings is 1. The normalized spacial score (nSPS) is 10.3. The Balaban J connectivity index is 1.81. The van der Waals surface area contributed by atoms with Crippen molar-refractivity contribution in [3.8, 4) is 11.5 Å². The Kier molecular flexibility index (Phi) is 5.83. The van der Waals surface area contributed by atoms with E-state index in [9.17, 15) is 0 Å². The lowest BCUT2D eigenvalue weighted by Gasteiger charge is -2.11. The van der Waals surface area contributed by atoms with Gasteiger partial charge in [0.2, 0.25) is 0 Å². The van der Waals surface area contributed by atoms with E-state index in [1.54, 1.807) is 12.4 Å². The molecule has 1 aromatic carbocycles. The van der Waals surface area contributed by atoms with Gasteiger partial charge in [0.05, 0.1) is 6.20 Å². The molecule has 0 aliphatic heterocycles. The van der Waals surface area contributed by atoms with Crippen LogP contribution >= 0.6 is 15.9 Å². The van der Waals surface area contributed by atoms with E-state index in [4.69, 9.17) is 9.47 Å². The van der Waals surface area contributed by atoms with Gasteiger partial charge in [-0.1, -0.05) is 18.2 Å². The lowest BCUT2D eigenvalue weighted by atomic mass is 10.2. The first-order valence-corrected chi connectivity index (χ1v) is 7.17. The van der Waals surface area contributed by atoms with Gasteiger partial charge in [0, 0.05) is 22.8 Å². The van der Waals surface area contributed by atoms with Crippen molar-refractivity contribution in [2.75, 3.05) is 20.3 Å². The highest BCUT2D eigenvalue weighted by Crippen LogP contribution is 2.18. The maximum absolute atomic E-state index is 5.74. The number of benzene rings is 1. The van der Waals surface area contributed by atoms with Gasteiger partial charge in [-0.15, -0.1) is 0 Å². The van der Waals surface area contributed by atoms with Crippen molar-refractivity contribution in [1.29, 1.82) is 0 Å². The van der Waals surface area contributed by atoms with Crippen molar-refractivity contribution in [3.63, 3.8) is 0 Å². The third-order valence-corrected chi connectivity index (χ3v) is 3.06. The van der Waals surface area contributed by atoms with Gasteiger partial charge in [-0.25, -0.2) is 0 Å². The van der Waals surface area contributed by atoms with Crippen molar-refractivity contribution in [3.05, 3.63) is 52.8 Å². The molecule has 0 spiro atoms. The molecule has 0 aliphatic carbocycles. The smallest absolute Gasteiger partial charge is 0.138 e. The quantitative estimate of drug-likeness (QED) is 0.789. The monoisotopic (exact) mass is 336 g/mol. The van der Waals surface area contributed by atoms with Crippen molar-refractivity contribution >= 4 is 15.9 Å². The number of ether oxygens (including phenoxy) is 2. The molecule has 0 bridgehead atoms. The van der Waals surface area contributed by atoms with Crippen LogP contribution in [0.25, 0.3) is 0 Å². The van der Waals surface area contributed by atoms with Crippen LogP contribution in [0.3, 0.4) is 0 Å². The van der Waals surface area contributed by atoms with Gasteiger partial charge < -0.3 is 14.8 Å². The Labute approximate surface area is 127 Å². The van der Waals surface area contributed by atoms with E-state index >= 15 is 0 Å². The van der Waals surface area contributed by atoms with Crippen LogP contribution in [0.2, 0.25) is 0 Å². The fraction of sp³-hybridized carbons (Fsp3) is 0.267. The SMILES string of the molecule is CNCc1ccccc1OCCOc1cncc(Br)c1. The molecule has 0 atom stereocenters. The molecule has 1 N–H and O–H groups in total. The van der Waals surface area contributed by atoms with Crippen molar-refractivity contribution in [2.24, 2.45) is 0 Å². The molecular weight excluding hydrogens is 320 g/mol. The third kappa shape index (κ3) is 4.51. The molecular formula is C15H17BrN2O2. The number of hydrogen-bond acceptors (Lipinski definition) is 4. The summed E-state index contributed by atoms with van der Waals surface area (Å²) in [7, 11) is 1.92. The predicted molar refractivity (Wildman–Crippen MR) is 82.1 cm³/mol. The van der Waals surface area contributed by atoms with Gasteiger partial charge in [-0.05, 0) is 35.1 Å². The van der Waals surface area contributed by atoms with Crippen LogP contribution in [0.15, 0.2) is 47.2 Å². The van der Waals surface area contributed by atoms with Crippen LogP contribution < -0.4 is 14.8 Å². The Hall–Kier alpha value is -1.59. The Bertz CT molecular complexity index is 549. The molecule has 5 heteroatoms. The van der Waals surface area contributed by atoms with E-state index in [0.717, 1.165) is 28.1 Å². The van der Waals surface area contributed by atoms with Gasteiger partial charge >= 0.3 is 0 Å². The molecule has 0 amide bonds. The fourth-order valence-corrected chi connectivity index (χ4v) is 2.11. The highest BCUT2D eigenvalue weighted by Gasteiger charge is 2.02. The first-order chi connectivity index (χ1) is 9.79. The van der Waals surface area contributed by atoms with Crippen LogP contribution in [-0.2, 0) is 6.54 Å². The van der Waals surface area contributed by atoms with E-state index < -0.39 is 0 Å². The van der Waals surface area contributed by atoms with E-state index in [1.165, 1.54) is 0 Å². The standard InChI is InChI=1S/C15H17BrN2O2/c1-17-9-12-4-2-3-5-15(12)20-7-6-19-14-8-13(16)10-18-11-14/h2-5,8,10-11,17H,6-7,9H2,1H3. The van der Waals surface area contributed by atoms with E-state index in [2.05, 4.69) is 26.2 Å². The summed E-state index contributed by atoms with van der Waals surface area (Å²) < 4.78 is 12.2. The van der Waals surface area contributed by atoms with E-state index in [0.29, 0.717) is 13.2 Å². The van der Waals surface area contributed by atoms with Crippen molar-refractivity contribution < 1.29 is 9.47 Å². The summed E-state index contributed by atoms with van der Waals surface area (Å²) in [5.74, 6) is 1.62. The topological polar surface area (TPSA) is 43.4 Å². The molecule has 1 heterocycles. The maximum Gasteiger partial charge on any atom is 0.138 e. The number of nitrogens with one attached hydrogen (secondary N) is 1. The second kappa shape index (κ2) is 7.87. The molecule has 0 fully saturated rings. The summed E-state index contributed by atoms with van der Waals surface area (Å²) in [4.78, 5) is 4.04. The van der Waals surface area contributed by atoms with Gasteiger partial charge in [-0.3, -0.25) is 4.98 Å². The molecule has 2 rings (SSSR count). The Morgan fingerprint density at radius 1 is 1.15 bits per heavy atom. The first-order valence-electron chi connectivity index (χ1n) is 6.38. The van der Waals surface area contributed by atoms with Gasteiger partial charge in [-0.2, -0.15) is 0 Å². The van der Waals surface area contributed by atoms with E-state index in [1.807, 2.05) is 37.4 Å². The highest BCUT2D eigenvalue weighted by molar-refractivity contribution is 9.10. The molecule has 106 valence electrons. The summed E-state index contributed by atoms with van der Waals surface area (Å²) in [5, 5.41) is 3.12. The summed E-state index contributed by atoms with van der Waals surface area (Å²) in [6.45, 7) is 1.76. The molecule has 1 aromatic heterocycles. The average molecular weight is 337 g/mol. The largest absolute Gasteiger partial charge is 0.490 e. The number of aromatic nitrogens is 1. The lowest BCUT2D eigenvalue weighted by molar-refractivity contribution is 0.215. The number of halogens is 1. The fourth-order valence-electron chi connectivity index (χ4n) is 1.76. The summed E-state index contributed by atoms with van der Waals surface area (Å²) in [5.41, 5.74) is 1.14. The molecule has 20 heavy (non-hydrogen) atoms. The maximum atomic E-state index is 5.74. The van der Waals surface area contributed by atoms with Gasteiger partial charge in [0.25, 0.3) is 0 Å². The summed E-state index contributed by atoms with van der Waals surface area (Å²) in [6, 6.07) is 9.86. The van der Waals surface area contributed by atoms with Crippen LogP contribution in [0.5, 0.6) is 11.5 Å². The minimum Gasteiger partial charge on any atom is -0.490 e. The first kappa shape index (κ1) is 14.8. The Morgan fingerprint density at radius 2 is 1.95 bits per heavy atom. The van der Waals surface area contributed by atoms with Crippen LogP contribution in [0.1, 0.15) is 5.56 Å². The molecule has 0 aliphatic rings. The number of rotatable bonds is 7. The molecule has 0 radical (unpaired) electrons. The zero-order valence-corrected chi connectivity index (χ0v) is 12.9. The van der Waals surface area contributed by atoms with Crippen LogP contribution in [-0.4, -0.2) is 25.2 Å². The second-order valence-corrected chi connectivity index (χ2v) is 5.09. The molecule has 0 unspecified atom stereocenters. The number of nitrogens with zero attached hydrogens (tertiary/aromatic N) is 1. The second-order valence-electron chi connectivity index (χ2n) is 4.17. The minimum absolute atomic E-state index is 0.478. The molecule has 0 saturated heterocycles. The zero-order chi connectivity index (χ0) is 14.2. The summed E-state index contributed by atoms with van der Waals surface area (Å²) in [6.07, 6.45) is 3.40. The van der Waals surface area contributed by atoms with Crippen LogP contribution in [0, 0.1) is 0 Å². The zero-order valence-electron chi connectivity index (χ0n) is 11.3. The third-order valence-electron chi connectivity index (χ3n) is 2.63. The lowest BCUT2D eigenvalue weighted by Crippen LogP contribution is -2.12. The van der Waals surface area contributed by atoms with Crippen molar-refractivity contribution in [2.45, 2.75) is 6.54 Å². The Morgan fingerprint density at radius 3 is 2.75 bits per heavy atom. The van der Waals surface area contributed by atoms with E-state index in [-0.39, 0.29) is 0 Å².